The number of anilines is 2. The van der Waals surface area contributed by atoms with Gasteiger partial charge in [0, 0.05) is 12.1 Å². The highest BCUT2D eigenvalue weighted by Gasteiger charge is 2.44. The Hall–Kier alpha value is -3.50. The Morgan fingerprint density at radius 2 is 1.97 bits per heavy atom. The van der Waals surface area contributed by atoms with E-state index in [4.69, 9.17) is 0 Å². The molecule has 3 aromatic heterocycles. The number of likely N-dealkylation sites (N-methyl/N-ethyl adjacent to an activating group) is 1. The number of nitrogens with zero attached hydrogens (tertiary/aromatic N) is 5. The highest BCUT2D eigenvalue weighted by molar-refractivity contribution is 7.17. The van der Waals surface area contributed by atoms with E-state index in [0.29, 0.717) is 24.7 Å². The molecule has 0 radical (unpaired) electrons. The van der Waals surface area contributed by atoms with Crippen molar-refractivity contribution in [2.45, 2.75) is 38.9 Å². The molecular weight excluding hydrogens is 460 g/mol. The standard InChI is InChI=1S/C25H30N8OS/c1-15-26-18-11-12-35-20(18)23(27-15)29-22-17-13-33(25(2,3)21(17)30-31-22)24(34)28-19(14-32(4)5)16-9-7-6-8-10-16/h6-12,19H,13-14H2,1-5H3,(H,28,34)(H2,26,27,29,30,31)/t19-/m0/s1. The largest absolute Gasteiger partial charge is 0.330 e. The molecule has 5 rings (SSSR count). The number of amides is 2. The molecule has 1 aliphatic rings. The number of nitrogens with one attached hydrogen (secondary N) is 3. The lowest BCUT2D eigenvalue weighted by Gasteiger charge is -2.34. The SMILES string of the molecule is Cc1nc(Nc2n[nH]c3c2CN(C(=O)N[C@@H](CN(C)C)c2ccccc2)C3(C)C)c2sccc2n1. The molecule has 182 valence electrons. The number of aromatic amines is 1. The summed E-state index contributed by atoms with van der Waals surface area (Å²) in [5.74, 6) is 2.11. The smallest absolute Gasteiger partial charge is 0.319 e. The number of benzene rings is 1. The Bertz CT molecular complexity index is 1360. The van der Waals surface area contributed by atoms with Crippen LogP contribution in [-0.4, -0.2) is 56.6 Å². The lowest BCUT2D eigenvalue weighted by Crippen LogP contribution is -2.48. The minimum atomic E-state index is -0.550. The first-order chi connectivity index (χ1) is 16.7. The van der Waals surface area contributed by atoms with Crippen LogP contribution in [0.4, 0.5) is 16.4 Å². The molecule has 1 aliphatic heterocycles. The maximum absolute atomic E-state index is 13.6. The number of aryl methyl sites for hydroxylation is 1. The number of hydrogen-bond acceptors (Lipinski definition) is 7. The summed E-state index contributed by atoms with van der Waals surface area (Å²) in [5.41, 5.74) is 3.33. The maximum Gasteiger partial charge on any atom is 0.319 e. The van der Waals surface area contributed by atoms with Gasteiger partial charge in [-0.1, -0.05) is 30.3 Å². The lowest BCUT2D eigenvalue weighted by atomic mass is 10.0. The zero-order chi connectivity index (χ0) is 24.7. The van der Waals surface area contributed by atoms with E-state index in [1.165, 1.54) is 0 Å². The molecule has 4 aromatic rings. The summed E-state index contributed by atoms with van der Waals surface area (Å²) in [4.78, 5) is 26.6. The summed E-state index contributed by atoms with van der Waals surface area (Å²) in [6, 6.07) is 11.8. The molecule has 0 fully saturated rings. The first-order valence-corrected chi connectivity index (χ1v) is 12.5. The molecule has 0 saturated heterocycles. The van der Waals surface area contributed by atoms with Crippen LogP contribution in [0.25, 0.3) is 10.2 Å². The molecule has 2 amide bonds. The van der Waals surface area contributed by atoms with E-state index < -0.39 is 5.54 Å². The quantitative estimate of drug-likeness (QED) is 0.367. The fourth-order valence-corrected chi connectivity index (χ4v) is 5.41. The predicted octanol–water partition coefficient (Wildman–Crippen LogP) is 4.53. The van der Waals surface area contributed by atoms with Crippen LogP contribution < -0.4 is 10.6 Å². The average molecular weight is 491 g/mol. The second-order valence-electron chi connectivity index (χ2n) is 9.63. The Kier molecular flexibility index (Phi) is 5.94. The summed E-state index contributed by atoms with van der Waals surface area (Å²) >= 11 is 1.59. The summed E-state index contributed by atoms with van der Waals surface area (Å²) in [7, 11) is 4.02. The summed E-state index contributed by atoms with van der Waals surface area (Å²) in [6.07, 6.45) is 0. The minimum absolute atomic E-state index is 0.111. The van der Waals surface area contributed by atoms with Gasteiger partial charge in [0.15, 0.2) is 11.6 Å². The lowest BCUT2D eigenvalue weighted by molar-refractivity contribution is 0.138. The van der Waals surface area contributed by atoms with E-state index in [-0.39, 0.29) is 12.1 Å². The second kappa shape index (κ2) is 8.94. The number of hydrogen-bond donors (Lipinski definition) is 3. The first-order valence-electron chi connectivity index (χ1n) is 11.6. The molecule has 3 N–H and O–H groups in total. The summed E-state index contributed by atoms with van der Waals surface area (Å²) in [6.45, 7) is 7.09. The van der Waals surface area contributed by atoms with Crippen molar-refractivity contribution in [2.75, 3.05) is 26.0 Å². The molecule has 0 aliphatic carbocycles. The number of thiophene rings is 1. The number of carbonyl (C=O) groups excluding carboxylic acids is 1. The van der Waals surface area contributed by atoms with Gasteiger partial charge in [-0.25, -0.2) is 14.8 Å². The van der Waals surface area contributed by atoms with Gasteiger partial charge in [-0.3, -0.25) is 5.10 Å². The first kappa shape index (κ1) is 23.3. The van der Waals surface area contributed by atoms with Crippen LogP contribution in [0.5, 0.6) is 0 Å². The van der Waals surface area contributed by atoms with Crippen LogP contribution in [0.3, 0.4) is 0 Å². The Morgan fingerprint density at radius 3 is 2.71 bits per heavy atom. The van der Waals surface area contributed by atoms with E-state index in [9.17, 15) is 4.79 Å². The van der Waals surface area contributed by atoms with Gasteiger partial charge in [-0.2, -0.15) is 5.10 Å². The third-order valence-corrected chi connectivity index (χ3v) is 7.33. The molecule has 0 bridgehead atoms. The van der Waals surface area contributed by atoms with E-state index in [1.807, 2.05) is 81.5 Å². The Labute approximate surface area is 208 Å². The van der Waals surface area contributed by atoms with Gasteiger partial charge in [0.2, 0.25) is 0 Å². The number of H-pyrrole nitrogens is 1. The van der Waals surface area contributed by atoms with Gasteiger partial charge < -0.3 is 20.4 Å². The summed E-state index contributed by atoms with van der Waals surface area (Å²) < 4.78 is 0.980. The molecule has 0 saturated carbocycles. The third kappa shape index (κ3) is 4.35. The van der Waals surface area contributed by atoms with Crippen LogP contribution in [0.1, 0.15) is 42.5 Å². The van der Waals surface area contributed by atoms with Gasteiger partial charge in [-0.05, 0) is 51.9 Å². The fourth-order valence-electron chi connectivity index (χ4n) is 4.63. The molecule has 10 heteroatoms. The van der Waals surface area contributed by atoms with Gasteiger partial charge >= 0.3 is 6.03 Å². The van der Waals surface area contributed by atoms with Crippen molar-refractivity contribution >= 4 is 39.2 Å². The van der Waals surface area contributed by atoms with Crippen LogP contribution in [0.2, 0.25) is 0 Å². The van der Waals surface area contributed by atoms with E-state index in [2.05, 4.69) is 35.7 Å². The highest BCUT2D eigenvalue weighted by Crippen LogP contribution is 2.41. The van der Waals surface area contributed by atoms with Crippen LogP contribution >= 0.6 is 11.3 Å². The topological polar surface area (TPSA) is 102 Å². The number of rotatable bonds is 6. The second-order valence-corrected chi connectivity index (χ2v) is 10.5. The van der Waals surface area contributed by atoms with Gasteiger partial charge in [0.1, 0.15) is 5.82 Å². The maximum atomic E-state index is 13.6. The van der Waals surface area contributed by atoms with Crippen molar-refractivity contribution in [1.29, 1.82) is 0 Å². The molecule has 1 atom stereocenters. The zero-order valence-corrected chi connectivity index (χ0v) is 21.4. The molecule has 1 aromatic carbocycles. The number of carbonyl (C=O) groups is 1. The molecule has 0 spiro atoms. The van der Waals surface area contributed by atoms with Crippen molar-refractivity contribution in [3.8, 4) is 0 Å². The normalized spacial score (nSPS) is 15.4. The van der Waals surface area contributed by atoms with Crippen molar-refractivity contribution in [3.05, 3.63) is 64.4 Å². The molecule has 0 unspecified atom stereocenters. The number of urea groups is 1. The summed E-state index contributed by atoms with van der Waals surface area (Å²) in [5, 5.41) is 16.4. The van der Waals surface area contributed by atoms with Crippen molar-refractivity contribution < 1.29 is 4.79 Å². The van der Waals surface area contributed by atoms with Crippen molar-refractivity contribution in [3.63, 3.8) is 0 Å². The van der Waals surface area contributed by atoms with Gasteiger partial charge in [0.25, 0.3) is 0 Å². The molecule has 4 heterocycles. The minimum Gasteiger partial charge on any atom is -0.330 e. The average Bonchev–Trinajstić information content (AvgIpc) is 3.50. The van der Waals surface area contributed by atoms with E-state index >= 15 is 0 Å². The van der Waals surface area contributed by atoms with E-state index in [1.54, 1.807) is 11.3 Å². The predicted molar refractivity (Wildman–Crippen MR) is 139 cm³/mol. The molecular formula is C25H30N8OS. The fraction of sp³-hybridized carbons (Fsp3) is 0.360. The highest BCUT2D eigenvalue weighted by atomic mass is 32.1. The van der Waals surface area contributed by atoms with Crippen molar-refractivity contribution in [1.82, 2.24) is 35.3 Å². The van der Waals surface area contributed by atoms with Crippen LogP contribution in [0.15, 0.2) is 41.8 Å². The number of fused-ring (bicyclic) bond motifs is 2. The molecule has 9 nitrogen and oxygen atoms in total. The molecule has 35 heavy (non-hydrogen) atoms. The van der Waals surface area contributed by atoms with Crippen LogP contribution in [0, 0.1) is 6.92 Å². The monoisotopic (exact) mass is 490 g/mol. The Morgan fingerprint density at radius 1 is 1.20 bits per heavy atom. The Balaban J connectivity index is 1.40. The number of aromatic nitrogens is 4. The third-order valence-electron chi connectivity index (χ3n) is 6.41. The van der Waals surface area contributed by atoms with Gasteiger partial charge in [0.05, 0.1) is 34.0 Å². The van der Waals surface area contributed by atoms with Crippen molar-refractivity contribution in [2.24, 2.45) is 0 Å². The van der Waals surface area contributed by atoms with Crippen LogP contribution in [-0.2, 0) is 12.1 Å². The van der Waals surface area contributed by atoms with Gasteiger partial charge in [-0.15, -0.1) is 11.3 Å². The van der Waals surface area contributed by atoms with E-state index in [0.717, 1.165) is 32.9 Å². The zero-order valence-electron chi connectivity index (χ0n) is 20.6.